The van der Waals surface area contributed by atoms with Crippen molar-refractivity contribution in [2.45, 2.75) is 38.8 Å². The number of hydrogen-bond donors (Lipinski definition) is 2. The lowest BCUT2D eigenvalue weighted by atomic mass is 10.1. The van der Waals surface area contributed by atoms with Crippen molar-refractivity contribution in [3.8, 4) is 23.0 Å². The highest BCUT2D eigenvalue weighted by Gasteiger charge is 2.31. The van der Waals surface area contributed by atoms with Crippen LogP contribution in [0.25, 0.3) is 11.3 Å². The minimum absolute atomic E-state index is 0.00957. The third kappa shape index (κ3) is 5.64. The summed E-state index contributed by atoms with van der Waals surface area (Å²) < 4.78 is 21.7. The number of likely N-dealkylation sites (tertiary alicyclic amines) is 1. The van der Waals surface area contributed by atoms with Crippen molar-refractivity contribution in [3.63, 3.8) is 0 Å². The fraction of sp³-hybridized carbons (Fsp3) is 0.391. The Morgan fingerprint density at radius 3 is 2.79 bits per heavy atom. The standard InChI is InChI=1S/C23H28FN7O2/c1-23(2,3)31-10-8-16(14-31)27-21(32)28-20-11-17(5-6-18(20)24)33-22-25-9-7-19(29-22)15-12-26-30(4)13-15/h5-7,9,11-13,16H,8,10,14H2,1-4H3,(H2,27,28,32). The fourth-order valence-electron chi connectivity index (χ4n) is 3.70. The Morgan fingerprint density at radius 2 is 2.09 bits per heavy atom. The zero-order valence-corrected chi connectivity index (χ0v) is 19.2. The zero-order chi connectivity index (χ0) is 23.6. The molecule has 1 saturated heterocycles. The predicted octanol–water partition coefficient (Wildman–Crippen LogP) is 3.80. The zero-order valence-electron chi connectivity index (χ0n) is 19.2. The summed E-state index contributed by atoms with van der Waals surface area (Å²) in [6.07, 6.45) is 5.94. The van der Waals surface area contributed by atoms with Crippen molar-refractivity contribution in [1.29, 1.82) is 0 Å². The van der Waals surface area contributed by atoms with Gasteiger partial charge in [0.1, 0.15) is 11.6 Å². The van der Waals surface area contributed by atoms with Crippen LogP contribution in [0.3, 0.4) is 0 Å². The van der Waals surface area contributed by atoms with E-state index < -0.39 is 11.8 Å². The van der Waals surface area contributed by atoms with Crippen LogP contribution >= 0.6 is 0 Å². The minimum atomic E-state index is -0.565. The number of aryl methyl sites for hydroxylation is 1. The molecule has 0 bridgehead atoms. The Labute approximate surface area is 192 Å². The molecule has 33 heavy (non-hydrogen) atoms. The Kier molecular flexibility index (Phi) is 6.28. The number of benzene rings is 1. The maximum Gasteiger partial charge on any atom is 0.322 e. The lowest BCUT2D eigenvalue weighted by Crippen LogP contribution is -2.44. The molecule has 0 radical (unpaired) electrons. The van der Waals surface area contributed by atoms with Crippen LogP contribution in [0.4, 0.5) is 14.9 Å². The Balaban J connectivity index is 1.40. The number of hydrogen-bond acceptors (Lipinski definition) is 6. The normalized spacial score (nSPS) is 16.6. The molecule has 1 unspecified atom stereocenters. The van der Waals surface area contributed by atoms with Crippen molar-refractivity contribution in [1.82, 2.24) is 30.0 Å². The largest absolute Gasteiger partial charge is 0.424 e. The van der Waals surface area contributed by atoms with E-state index in [9.17, 15) is 9.18 Å². The van der Waals surface area contributed by atoms with Crippen molar-refractivity contribution in [3.05, 3.63) is 48.7 Å². The lowest BCUT2D eigenvalue weighted by Gasteiger charge is -2.31. The van der Waals surface area contributed by atoms with Crippen LogP contribution in [0.1, 0.15) is 27.2 Å². The van der Waals surface area contributed by atoms with Crippen LogP contribution in [0.5, 0.6) is 11.8 Å². The molecule has 0 saturated carbocycles. The van der Waals surface area contributed by atoms with E-state index >= 15 is 0 Å². The highest BCUT2D eigenvalue weighted by Crippen LogP contribution is 2.26. The van der Waals surface area contributed by atoms with Gasteiger partial charge in [0.2, 0.25) is 0 Å². The van der Waals surface area contributed by atoms with Crippen LogP contribution in [-0.4, -0.2) is 55.3 Å². The molecule has 174 valence electrons. The van der Waals surface area contributed by atoms with Gasteiger partial charge in [0.15, 0.2) is 0 Å². The number of carbonyl (C=O) groups excluding carboxylic acids is 1. The van der Waals surface area contributed by atoms with Crippen molar-refractivity contribution in [2.75, 3.05) is 18.4 Å². The van der Waals surface area contributed by atoms with Crippen LogP contribution in [-0.2, 0) is 7.05 Å². The van der Waals surface area contributed by atoms with Crippen molar-refractivity contribution >= 4 is 11.7 Å². The molecule has 1 aliphatic rings. The molecular weight excluding hydrogens is 425 g/mol. The Hall–Kier alpha value is -3.53. The second-order valence-corrected chi connectivity index (χ2v) is 9.07. The summed E-state index contributed by atoms with van der Waals surface area (Å²) in [4.78, 5) is 23.3. The number of anilines is 1. The first-order valence-electron chi connectivity index (χ1n) is 10.8. The van der Waals surface area contributed by atoms with Gasteiger partial charge >= 0.3 is 12.0 Å². The Bertz CT molecular complexity index is 1140. The fourth-order valence-corrected chi connectivity index (χ4v) is 3.70. The van der Waals surface area contributed by atoms with Gasteiger partial charge in [0.25, 0.3) is 0 Å². The molecule has 9 nitrogen and oxygen atoms in total. The van der Waals surface area contributed by atoms with E-state index in [1.165, 1.54) is 18.2 Å². The van der Waals surface area contributed by atoms with E-state index in [1.54, 1.807) is 23.1 Å². The van der Waals surface area contributed by atoms with Crippen LogP contribution < -0.4 is 15.4 Å². The number of halogens is 1. The molecule has 0 aliphatic carbocycles. The Morgan fingerprint density at radius 1 is 1.27 bits per heavy atom. The third-order valence-electron chi connectivity index (χ3n) is 5.50. The number of carbonyl (C=O) groups is 1. The molecule has 2 amide bonds. The van der Waals surface area contributed by atoms with Crippen molar-refractivity contribution < 1.29 is 13.9 Å². The van der Waals surface area contributed by atoms with Gasteiger partial charge in [0, 0.05) is 55.7 Å². The van der Waals surface area contributed by atoms with Gasteiger partial charge in [-0.2, -0.15) is 10.1 Å². The molecule has 10 heteroatoms. The molecule has 1 atom stereocenters. The summed E-state index contributed by atoms with van der Waals surface area (Å²) in [6, 6.07) is 5.49. The number of nitrogens with zero attached hydrogens (tertiary/aromatic N) is 5. The number of amides is 2. The lowest BCUT2D eigenvalue weighted by molar-refractivity contribution is 0.171. The van der Waals surface area contributed by atoms with Gasteiger partial charge in [-0.3, -0.25) is 9.58 Å². The average molecular weight is 454 g/mol. The number of rotatable bonds is 5. The average Bonchev–Trinajstić information content (AvgIpc) is 3.40. The number of nitrogens with one attached hydrogen (secondary N) is 2. The SMILES string of the molecule is Cn1cc(-c2ccnc(Oc3ccc(F)c(NC(=O)NC4CCN(C(C)(C)C)C4)c3)n2)cn1. The first kappa shape index (κ1) is 22.7. The highest BCUT2D eigenvalue weighted by molar-refractivity contribution is 5.89. The van der Waals surface area contributed by atoms with Crippen LogP contribution in [0, 0.1) is 5.82 Å². The van der Waals surface area contributed by atoms with Crippen LogP contribution in [0.2, 0.25) is 0 Å². The van der Waals surface area contributed by atoms with E-state index in [0.29, 0.717) is 11.4 Å². The number of urea groups is 1. The van der Waals surface area contributed by atoms with Gasteiger partial charge in [-0.05, 0) is 45.4 Å². The monoisotopic (exact) mass is 453 g/mol. The maximum absolute atomic E-state index is 14.3. The van der Waals surface area contributed by atoms with Gasteiger partial charge < -0.3 is 15.4 Å². The van der Waals surface area contributed by atoms with E-state index in [0.717, 1.165) is 25.1 Å². The van der Waals surface area contributed by atoms with Crippen molar-refractivity contribution in [2.24, 2.45) is 7.05 Å². The molecule has 2 N–H and O–H groups in total. The van der Waals surface area contributed by atoms with Gasteiger partial charge in [-0.1, -0.05) is 0 Å². The van der Waals surface area contributed by atoms with E-state index in [2.05, 4.69) is 51.4 Å². The topological polar surface area (TPSA) is 97.2 Å². The smallest absolute Gasteiger partial charge is 0.322 e. The molecule has 3 aromatic rings. The van der Waals surface area contributed by atoms with Gasteiger partial charge in [0.05, 0.1) is 17.6 Å². The van der Waals surface area contributed by atoms with Gasteiger partial charge in [-0.25, -0.2) is 14.2 Å². The second kappa shape index (κ2) is 9.14. The molecule has 1 fully saturated rings. The second-order valence-electron chi connectivity index (χ2n) is 9.07. The first-order chi connectivity index (χ1) is 15.7. The first-order valence-corrected chi connectivity index (χ1v) is 10.8. The summed E-state index contributed by atoms with van der Waals surface area (Å²) >= 11 is 0. The summed E-state index contributed by atoms with van der Waals surface area (Å²) in [5.74, 6) is -0.264. The molecule has 2 aromatic heterocycles. The predicted molar refractivity (Wildman–Crippen MR) is 123 cm³/mol. The van der Waals surface area contributed by atoms with Gasteiger partial charge in [-0.15, -0.1) is 0 Å². The molecule has 3 heterocycles. The third-order valence-corrected chi connectivity index (χ3v) is 5.50. The molecular formula is C23H28FN7O2. The quantitative estimate of drug-likeness (QED) is 0.610. The maximum atomic E-state index is 14.3. The minimum Gasteiger partial charge on any atom is -0.424 e. The van der Waals surface area contributed by atoms with E-state index in [4.69, 9.17) is 4.74 Å². The molecule has 1 aromatic carbocycles. The summed E-state index contributed by atoms with van der Waals surface area (Å²) in [5, 5.41) is 9.64. The number of ether oxygens (including phenoxy) is 1. The van der Waals surface area contributed by atoms with E-state index in [1.807, 2.05) is 13.2 Å². The summed E-state index contributed by atoms with van der Waals surface area (Å²) in [7, 11) is 1.82. The van der Waals surface area contributed by atoms with Crippen LogP contribution in [0.15, 0.2) is 42.9 Å². The molecule has 1 aliphatic heterocycles. The summed E-state index contributed by atoms with van der Waals surface area (Å²) in [6.45, 7) is 8.10. The summed E-state index contributed by atoms with van der Waals surface area (Å²) in [5.41, 5.74) is 1.52. The molecule has 4 rings (SSSR count). The van der Waals surface area contributed by atoms with E-state index in [-0.39, 0.29) is 23.3 Å². The number of aromatic nitrogens is 4. The highest BCUT2D eigenvalue weighted by atomic mass is 19.1. The molecule has 0 spiro atoms.